The van der Waals surface area contributed by atoms with Gasteiger partial charge in [-0.05, 0) is 146 Å². The highest BCUT2D eigenvalue weighted by molar-refractivity contribution is 6.01. The van der Waals surface area contributed by atoms with E-state index in [2.05, 4.69) is 16.0 Å². The number of halogens is 6. The predicted molar refractivity (Wildman–Crippen MR) is 382 cm³/mol. The first-order chi connectivity index (χ1) is 50.0. The van der Waals surface area contributed by atoms with Gasteiger partial charge in [0.2, 0.25) is 70.9 Å². The molecule has 26 nitrogen and oxygen atoms in total. The Morgan fingerprint density at radius 2 is 1.30 bits per heavy atom. The summed E-state index contributed by atoms with van der Waals surface area (Å²) in [5.74, 6) is -14.3. The second kappa shape index (κ2) is 36.6. The molecule has 7 rings (SSSR count). The fourth-order valence-corrected chi connectivity index (χ4v) is 17.5. The van der Waals surface area contributed by atoms with Gasteiger partial charge in [0, 0.05) is 89.6 Å². The van der Waals surface area contributed by atoms with E-state index in [1.807, 2.05) is 13.8 Å². The van der Waals surface area contributed by atoms with Gasteiger partial charge in [-0.15, -0.1) is 0 Å². The van der Waals surface area contributed by atoms with E-state index in [-0.39, 0.29) is 116 Å². The van der Waals surface area contributed by atoms with E-state index in [0.717, 1.165) is 24.5 Å². The summed E-state index contributed by atoms with van der Waals surface area (Å²) in [6, 6.07) is -10.9. The highest BCUT2D eigenvalue weighted by Gasteiger charge is 2.60. The fraction of sp³-hybridized carbons (Fsp3) is 0.813. The molecule has 1 spiro atoms. The number of amides is 12. The minimum atomic E-state index is -4.57. The van der Waals surface area contributed by atoms with Gasteiger partial charge < -0.3 is 69.5 Å². The smallest absolute Gasteiger partial charge is 0.381 e. The maximum Gasteiger partial charge on any atom is 0.394 e. The number of carbonyl (C=O) groups excluding carboxylic acids is 12. The summed E-state index contributed by atoms with van der Waals surface area (Å²) in [5, 5.41) is 8.60. The highest BCUT2D eigenvalue weighted by atomic mass is 19.4. The predicted octanol–water partition coefficient (Wildman–Crippen LogP) is 5.69. The Hall–Kier alpha value is -7.12. The van der Waals surface area contributed by atoms with E-state index in [9.17, 15) is 55.1 Å². The Morgan fingerprint density at radius 3 is 1.88 bits per heavy atom. The number of rotatable bonds is 12. The van der Waals surface area contributed by atoms with Crippen molar-refractivity contribution >= 4 is 70.9 Å². The summed E-state index contributed by atoms with van der Waals surface area (Å²) in [6.45, 7) is 8.82. The first kappa shape index (κ1) is 87.1. The Morgan fingerprint density at radius 1 is 0.673 bits per heavy atom. The Bertz CT molecular complexity index is 3230. The Balaban J connectivity index is 1.32. The van der Waals surface area contributed by atoms with Crippen molar-refractivity contribution < 1.29 is 93.4 Å². The average molecular weight is 1530 g/mol. The number of likely N-dealkylation sites (N-methyl/N-ethyl adjacent to an activating group) is 7. The fourth-order valence-electron chi connectivity index (χ4n) is 17.5. The number of nitrogens with zero attached hydrogens (tertiary/aromatic N) is 9. The van der Waals surface area contributed by atoms with Gasteiger partial charge in [-0.25, -0.2) is 0 Å². The summed E-state index contributed by atoms with van der Waals surface area (Å²) in [7, 11) is 12.2. The van der Waals surface area contributed by atoms with Gasteiger partial charge in [0.1, 0.15) is 53.9 Å². The highest BCUT2D eigenvalue weighted by Crippen LogP contribution is 2.50. The molecule has 3 N–H and O–H groups in total. The zero-order valence-electron chi connectivity index (χ0n) is 65.3. The van der Waals surface area contributed by atoms with Crippen LogP contribution in [0.15, 0.2) is 12.2 Å². The first-order valence-corrected chi connectivity index (χ1v) is 38.2. The van der Waals surface area contributed by atoms with Gasteiger partial charge in [-0.3, -0.25) is 57.5 Å². The molecule has 4 saturated carbocycles. The van der Waals surface area contributed by atoms with Crippen LogP contribution in [0.5, 0.6) is 0 Å². The van der Waals surface area contributed by atoms with E-state index in [1.165, 1.54) is 90.0 Å². The third-order valence-electron chi connectivity index (χ3n) is 24.1. The third kappa shape index (κ3) is 21.1. The lowest BCUT2D eigenvalue weighted by Gasteiger charge is -2.54. The Labute approximate surface area is 626 Å². The summed E-state index contributed by atoms with van der Waals surface area (Å²) < 4.78 is 96.9. The molecule has 7 aliphatic rings. The van der Waals surface area contributed by atoms with Crippen molar-refractivity contribution in [3.05, 3.63) is 12.2 Å². The van der Waals surface area contributed by atoms with Crippen molar-refractivity contribution in [3.63, 3.8) is 0 Å². The van der Waals surface area contributed by atoms with E-state index >= 15 is 28.8 Å². The van der Waals surface area contributed by atoms with Crippen molar-refractivity contribution in [2.75, 3.05) is 96.3 Å². The van der Waals surface area contributed by atoms with Crippen molar-refractivity contribution in [1.29, 1.82) is 0 Å². The molecule has 3 heterocycles. The van der Waals surface area contributed by atoms with Crippen LogP contribution in [0.1, 0.15) is 176 Å². The molecule has 604 valence electrons. The number of carbonyl (C=O) groups is 12. The first-order valence-electron chi connectivity index (χ1n) is 38.2. The van der Waals surface area contributed by atoms with E-state index < -0.39 is 210 Å². The molecule has 2 bridgehead atoms. The van der Waals surface area contributed by atoms with Gasteiger partial charge in [0.05, 0.1) is 43.6 Å². The molecule has 3 unspecified atom stereocenters. The van der Waals surface area contributed by atoms with Crippen LogP contribution >= 0.6 is 0 Å². The Kier molecular flexibility index (Phi) is 29.8. The number of alkyl halides is 6. The maximum atomic E-state index is 15.7. The largest absolute Gasteiger partial charge is 0.394 e. The topological polar surface area (TPSA) is 289 Å². The van der Waals surface area contributed by atoms with Gasteiger partial charge in [0.15, 0.2) is 0 Å². The molecule has 0 aromatic rings. The molecule has 12 amide bonds. The quantitative estimate of drug-likeness (QED) is 0.156. The molecule has 3 aliphatic heterocycles. The lowest BCUT2D eigenvalue weighted by molar-refractivity contribution is -0.215. The van der Waals surface area contributed by atoms with Gasteiger partial charge in [-0.1, -0.05) is 59.1 Å². The molecular weight excluding hydrogens is 1410 g/mol. The number of fused-ring (bicyclic) bond motifs is 3. The van der Waals surface area contributed by atoms with Crippen LogP contribution in [0.2, 0.25) is 0 Å². The minimum Gasteiger partial charge on any atom is -0.381 e. The number of methoxy groups -OCH3 is 1. The van der Waals surface area contributed by atoms with Crippen molar-refractivity contribution in [2.45, 2.75) is 255 Å². The zero-order valence-corrected chi connectivity index (χ0v) is 65.3. The van der Waals surface area contributed by atoms with Crippen LogP contribution < -0.4 is 16.0 Å². The van der Waals surface area contributed by atoms with Crippen molar-refractivity contribution in [1.82, 2.24) is 60.0 Å². The van der Waals surface area contributed by atoms with Crippen LogP contribution in [0.3, 0.4) is 0 Å². The molecule has 4 aliphatic carbocycles. The molecular formula is C75H118F6N12O14. The minimum absolute atomic E-state index is 0.0340. The number of nitrogens with one attached hydrogen (secondary N) is 3. The molecule has 6 fully saturated rings. The molecule has 0 aromatic heterocycles. The van der Waals surface area contributed by atoms with Crippen molar-refractivity contribution in [3.8, 4) is 0 Å². The molecule has 107 heavy (non-hydrogen) atoms. The van der Waals surface area contributed by atoms with Crippen molar-refractivity contribution in [2.24, 2.45) is 40.9 Å². The third-order valence-corrected chi connectivity index (χ3v) is 24.1. The molecule has 13 atom stereocenters. The molecule has 0 radical (unpaired) electrons. The molecule has 2 saturated heterocycles. The molecule has 0 aromatic carbocycles. The number of hydrogen-bond acceptors (Lipinski definition) is 14. The number of hydrogen-bond donors (Lipinski definition) is 3. The average Bonchev–Trinajstić information content (AvgIpc) is 1.14. The van der Waals surface area contributed by atoms with E-state index in [4.69, 9.17) is 9.47 Å². The monoisotopic (exact) mass is 1520 g/mol. The molecule has 32 heteroatoms. The maximum absolute atomic E-state index is 15.7. The van der Waals surface area contributed by atoms with Crippen LogP contribution in [0.25, 0.3) is 0 Å². The van der Waals surface area contributed by atoms with Gasteiger partial charge in [-0.2, -0.15) is 26.3 Å². The summed E-state index contributed by atoms with van der Waals surface area (Å²) >= 11 is 0. The van der Waals surface area contributed by atoms with Crippen LogP contribution in [-0.4, -0.2) is 290 Å². The normalized spacial score (nSPS) is 31.9. The lowest BCUT2D eigenvalue weighted by Crippen LogP contribution is -2.71. The summed E-state index contributed by atoms with van der Waals surface area (Å²) in [4.78, 5) is 191. The van der Waals surface area contributed by atoms with Gasteiger partial charge >= 0.3 is 12.4 Å². The zero-order chi connectivity index (χ0) is 79.7. The van der Waals surface area contributed by atoms with E-state index in [1.54, 1.807) is 32.9 Å². The number of ether oxygens (including phenoxy) is 2. The second-order valence-electron chi connectivity index (χ2n) is 32.5. The summed E-state index contributed by atoms with van der Waals surface area (Å²) in [6.07, 6.45) is -6.31. The van der Waals surface area contributed by atoms with E-state index in [0.29, 0.717) is 32.1 Å². The lowest BCUT2D eigenvalue weighted by atomic mass is 9.58. The van der Waals surface area contributed by atoms with Crippen LogP contribution in [-0.2, 0) is 67.0 Å². The van der Waals surface area contributed by atoms with Gasteiger partial charge in [0.25, 0.3) is 0 Å². The van der Waals surface area contributed by atoms with Crippen LogP contribution in [0.4, 0.5) is 26.3 Å². The standard InChI is InChI=1S/C75H118F6N12O14/c1-16-44(3)61-69(103)87(10)41-60(96)89(12)53-25-19-18-22-34-92(68(53)102)56(35-46-26-30-49(31-27-46)74(76,77)78)67(101)86(9)40-58(94)82-52(33-29-47-28-32-51(75(79,80)81)57(36-47)106-15)65(99)93-39-50(107-17-2)37-54(93)64(98)84-73(42-72(5,6)43-73)71(105)91(14)62(48-23-20-21-24-48)70(104)90(13)55(66(100)85(7)8)38-59(95)88(11)45(4)63(97)83-61/h18-19,44-57,61-62H,16-17,20-43H2,1-15H3,(H,82,94)(H,83,97)(H,84,98)/b19-18-/t44-,45-,46?,47?,49?,50+,51?,52-,53-,54-,55-,56-,57?,61-,62-/m0/s1. The summed E-state index contributed by atoms with van der Waals surface area (Å²) in [5.41, 5.74) is -2.26. The van der Waals surface area contributed by atoms with Crippen LogP contribution in [0, 0.1) is 40.9 Å². The second-order valence-corrected chi connectivity index (χ2v) is 32.5. The SMILES string of the molecule is CCO[C@@H]1C[C@H]2C(=O)NC3(CC(C)(C)C3)C(=O)N(C)[C@@H](C3CCCC3)C(=O)N(C)[C@H](C(=O)N(C)C)CC(=O)N(C)[C@@H](C)C(=O)N[C@@H]([C@@H](C)CC)C(=O)N(C)CC(=O)N(C)[C@H]3C/C=C\CCN(C3=O)[C@@H](CC3CCC(C(F)(F)F)CC3)C(=O)N(C)CC(=O)N[C@@H](CCC3CCC(C(F)(F)F)C(OC)C3)C(=O)N2C1.